The van der Waals surface area contributed by atoms with Gasteiger partial charge in [0.05, 0.1) is 34.4 Å². The molecule has 0 aliphatic rings. The molecule has 0 amide bonds. The van der Waals surface area contributed by atoms with Gasteiger partial charge in [0.2, 0.25) is 0 Å². The molecule has 2 unspecified atom stereocenters. The summed E-state index contributed by atoms with van der Waals surface area (Å²) >= 11 is 0. The number of carboxylic acid groups (broad SMARTS) is 1. The molecule has 0 aromatic rings. The van der Waals surface area contributed by atoms with Crippen LogP contribution in [-0.4, -0.2) is 80.6 Å². The molecule has 1 N–H and O–H groups in total. The number of rotatable bonds is 37. The standard InChI is InChI=1S/C46H79NO7/c1-6-8-10-12-14-16-18-20-22-24-26-28-30-32-34-36-44(48)53-41-42(40-52-39-38-43(46(50)51)47(3,4)5)54-45(49)37-35-33-31-29-27-25-23-21-19-17-15-13-11-9-7-2/h8,10,12,14,16,18,20,22,24,26,42-43H,6-7,9,11,13,15,17,19,21,23,25,27-41H2,1-5H3/p+1/b10-8+,14-12+,18-16+,22-20+,26-24+. The van der Waals surface area contributed by atoms with Crippen molar-refractivity contribution in [3.8, 4) is 0 Å². The number of hydrogen-bond acceptors (Lipinski definition) is 6. The Balaban J connectivity index is 4.44. The van der Waals surface area contributed by atoms with Crippen LogP contribution in [-0.2, 0) is 28.6 Å². The van der Waals surface area contributed by atoms with Crippen LogP contribution >= 0.6 is 0 Å². The van der Waals surface area contributed by atoms with Crippen LogP contribution in [0.25, 0.3) is 0 Å². The largest absolute Gasteiger partial charge is 0.477 e. The van der Waals surface area contributed by atoms with E-state index < -0.39 is 18.1 Å². The molecule has 54 heavy (non-hydrogen) atoms. The topological polar surface area (TPSA) is 99.1 Å². The number of ether oxygens (including phenoxy) is 3. The van der Waals surface area contributed by atoms with Gasteiger partial charge in [-0.15, -0.1) is 0 Å². The Morgan fingerprint density at radius 2 is 1.04 bits per heavy atom. The van der Waals surface area contributed by atoms with Crippen LogP contribution in [0.15, 0.2) is 60.8 Å². The van der Waals surface area contributed by atoms with Gasteiger partial charge in [-0.25, -0.2) is 4.79 Å². The predicted octanol–water partition coefficient (Wildman–Crippen LogP) is 11.4. The Bertz CT molecular complexity index is 1070. The molecule has 0 saturated carbocycles. The van der Waals surface area contributed by atoms with Gasteiger partial charge in [-0.3, -0.25) is 9.59 Å². The first-order chi connectivity index (χ1) is 26.1. The van der Waals surface area contributed by atoms with E-state index in [0.717, 1.165) is 51.4 Å². The molecule has 0 aromatic carbocycles. The molecule has 0 aliphatic carbocycles. The van der Waals surface area contributed by atoms with Gasteiger partial charge in [0, 0.05) is 19.3 Å². The summed E-state index contributed by atoms with van der Waals surface area (Å²) in [6.07, 6.45) is 44.0. The number of aliphatic carboxylic acids is 1. The zero-order chi connectivity index (χ0) is 40.0. The summed E-state index contributed by atoms with van der Waals surface area (Å²) in [7, 11) is 5.51. The van der Waals surface area contributed by atoms with Crippen LogP contribution < -0.4 is 0 Å². The van der Waals surface area contributed by atoms with Gasteiger partial charge in [-0.05, 0) is 32.1 Å². The quantitative estimate of drug-likeness (QED) is 0.0291. The van der Waals surface area contributed by atoms with Gasteiger partial charge in [0.15, 0.2) is 12.1 Å². The van der Waals surface area contributed by atoms with Gasteiger partial charge in [0.1, 0.15) is 6.61 Å². The van der Waals surface area contributed by atoms with Crippen LogP contribution in [0.5, 0.6) is 0 Å². The van der Waals surface area contributed by atoms with Gasteiger partial charge in [-0.1, -0.05) is 171 Å². The zero-order valence-corrected chi connectivity index (χ0v) is 35.2. The second kappa shape index (κ2) is 37.0. The fourth-order valence-corrected chi connectivity index (χ4v) is 5.99. The lowest BCUT2D eigenvalue weighted by Crippen LogP contribution is -2.50. The summed E-state index contributed by atoms with van der Waals surface area (Å²) in [5.41, 5.74) is 0. The second-order valence-corrected chi connectivity index (χ2v) is 15.3. The van der Waals surface area contributed by atoms with Crippen LogP contribution in [0.1, 0.15) is 162 Å². The SMILES string of the molecule is CC/C=C/C=C/C=C/C=C/C=C/CCCCCC(=O)OCC(COCCC(C(=O)O)[N+](C)(C)C)OC(=O)CCCCCCCCCCCCCCCCC. The molecule has 0 spiro atoms. The lowest BCUT2D eigenvalue weighted by atomic mass is 10.0. The average Bonchev–Trinajstić information content (AvgIpc) is 3.12. The Labute approximate surface area is 330 Å². The van der Waals surface area contributed by atoms with Crippen molar-refractivity contribution in [2.24, 2.45) is 0 Å². The summed E-state index contributed by atoms with van der Waals surface area (Å²) in [6.45, 7) is 4.54. The maximum atomic E-state index is 12.7. The predicted molar refractivity (Wildman–Crippen MR) is 224 cm³/mol. The number of nitrogens with zero attached hydrogens (tertiary/aromatic N) is 1. The van der Waals surface area contributed by atoms with Gasteiger partial charge in [-0.2, -0.15) is 0 Å². The minimum atomic E-state index is -0.883. The molecule has 0 bridgehead atoms. The van der Waals surface area contributed by atoms with E-state index in [2.05, 4.69) is 26.0 Å². The Hall–Kier alpha value is -2.97. The van der Waals surface area contributed by atoms with Crippen molar-refractivity contribution in [3.05, 3.63) is 60.8 Å². The first-order valence-corrected chi connectivity index (χ1v) is 21.4. The van der Waals surface area contributed by atoms with Crippen molar-refractivity contribution >= 4 is 17.9 Å². The second-order valence-electron chi connectivity index (χ2n) is 15.3. The van der Waals surface area contributed by atoms with Gasteiger partial charge >= 0.3 is 17.9 Å². The van der Waals surface area contributed by atoms with Crippen LogP contribution in [0, 0.1) is 0 Å². The summed E-state index contributed by atoms with van der Waals surface area (Å²) in [5, 5.41) is 9.61. The highest BCUT2D eigenvalue weighted by Gasteiger charge is 2.31. The zero-order valence-electron chi connectivity index (χ0n) is 35.2. The molecule has 0 aromatic heterocycles. The number of carbonyl (C=O) groups excluding carboxylic acids is 2. The van der Waals surface area contributed by atoms with Crippen molar-refractivity contribution in [1.29, 1.82) is 0 Å². The van der Waals surface area contributed by atoms with Crippen molar-refractivity contribution in [1.82, 2.24) is 0 Å². The number of quaternary nitrogens is 1. The lowest BCUT2D eigenvalue weighted by Gasteiger charge is -2.31. The number of unbranched alkanes of at least 4 members (excludes halogenated alkanes) is 17. The fraction of sp³-hybridized carbons (Fsp3) is 0.717. The maximum Gasteiger partial charge on any atom is 0.362 e. The molecule has 0 fully saturated rings. The van der Waals surface area contributed by atoms with Gasteiger partial charge in [0.25, 0.3) is 0 Å². The van der Waals surface area contributed by atoms with Crippen LogP contribution in [0.3, 0.4) is 0 Å². The van der Waals surface area contributed by atoms with E-state index in [1.807, 2.05) is 69.8 Å². The van der Waals surface area contributed by atoms with E-state index in [0.29, 0.717) is 19.3 Å². The molecule has 2 atom stereocenters. The molecule has 0 radical (unpaired) electrons. The molecule has 0 heterocycles. The molecular weight excluding hydrogens is 679 g/mol. The minimum absolute atomic E-state index is 0.0466. The normalized spacial score (nSPS) is 13.6. The molecular formula is C46H80NO7+. The highest BCUT2D eigenvalue weighted by atomic mass is 16.6. The van der Waals surface area contributed by atoms with Crippen molar-refractivity contribution < 1.29 is 38.2 Å². The average molecular weight is 759 g/mol. The summed E-state index contributed by atoms with van der Waals surface area (Å²) < 4.78 is 17.2. The Morgan fingerprint density at radius 1 is 0.574 bits per heavy atom. The molecule has 8 nitrogen and oxygen atoms in total. The molecule has 0 rings (SSSR count). The van der Waals surface area contributed by atoms with Crippen molar-refractivity contribution in [3.63, 3.8) is 0 Å². The van der Waals surface area contributed by atoms with E-state index in [-0.39, 0.29) is 36.2 Å². The van der Waals surface area contributed by atoms with Crippen molar-refractivity contribution in [2.45, 2.75) is 174 Å². The molecule has 0 saturated heterocycles. The number of carboxylic acids is 1. The third-order valence-corrected chi connectivity index (χ3v) is 9.31. The summed E-state index contributed by atoms with van der Waals surface area (Å²) in [6, 6.07) is -0.622. The monoisotopic (exact) mass is 759 g/mol. The van der Waals surface area contributed by atoms with E-state index in [9.17, 15) is 19.5 Å². The van der Waals surface area contributed by atoms with E-state index >= 15 is 0 Å². The van der Waals surface area contributed by atoms with Crippen molar-refractivity contribution in [2.75, 3.05) is 41.0 Å². The van der Waals surface area contributed by atoms with E-state index in [1.165, 1.54) is 77.0 Å². The van der Waals surface area contributed by atoms with Crippen LogP contribution in [0.2, 0.25) is 0 Å². The number of allylic oxidation sites excluding steroid dienone is 10. The highest BCUT2D eigenvalue weighted by Crippen LogP contribution is 2.15. The van der Waals surface area contributed by atoms with E-state index in [1.54, 1.807) is 0 Å². The minimum Gasteiger partial charge on any atom is -0.477 e. The first kappa shape index (κ1) is 51.0. The third kappa shape index (κ3) is 34.8. The number of hydrogen-bond donors (Lipinski definition) is 1. The fourth-order valence-electron chi connectivity index (χ4n) is 5.99. The molecule has 0 aliphatic heterocycles. The first-order valence-electron chi connectivity index (χ1n) is 21.4. The lowest BCUT2D eigenvalue weighted by molar-refractivity contribution is -0.887. The maximum absolute atomic E-state index is 12.7. The van der Waals surface area contributed by atoms with Crippen LogP contribution in [0.4, 0.5) is 0 Å². The third-order valence-electron chi connectivity index (χ3n) is 9.31. The summed E-state index contributed by atoms with van der Waals surface area (Å²) in [5.74, 6) is -1.52. The Morgan fingerprint density at radius 3 is 1.54 bits per heavy atom. The smallest absolute Gasteiger partial charge is 0.362 e. The summed E-state index contributed by atoms with van der Waals surface area (Å²) in [4.78, 5) is 36.9. The van der Waals surface area contributed by atoms with Gasteiger partial charge < -0.3 is 23.8 Å². The Kier molecular flexibility index (Phi) is 34.9. The number of carbonyl (C=O) groups is 3. The molecule has 310 valence electrons. The molecule has 8 heteroatoms. The number of likely N-dealkylation sites (N-methyl/N-ethyl adjacent to an activating group) is 1. The number of esters is 2. The van der Waals surface area contributed by atoms with E-state index in [4.69, 9.17) is 14.2 Å². The highest BCUT2D eigenvalue weighted by molar-refractivity contribution is 5.72.